The molecule has 0 bridgehead atoms. The smallest absolute Gasteiger partial charge is 0.143 e. The maximum absolute atomic E-state index is 4.52. The van der Waals surface area contributed by atoms with E-state index < -0.39 is 0 Å². The van der Waals surface area contributed by atoms with Gasteiger partial charge in [0, 0.05) is 25.3 Å². The molecule has 0 aromatic carbocycles. The first-order valence-electron chi connectivity index (χ1n) is 6.12. The average Bonchev–Trinajstić information content (AvgIpc) is 2.33. The molecule has 0 N–H and O–H groups in total. The molecule has 17 heavy (non-hydrogen) atoms. The summed E-state index contributed by atoms with van der Waals surface area (Å²) in [6.07, 6.45) is 4.42. The number of piperidine rings is 1. The van der Waals surface area contributed by atoms with Gasteiger partial charge in [-0.2, -0.15) is 0 Å². The zero-order chi connectivity index (χ0) is 12.4. The summed E-state index contributed by atoms with van der Waals surface area (Å²) in [5.41, 5.74) is 1.25. The van der Waals surface area contributed by atoms with Crippen molar-refractivity contribution < 1.29 is 0 Å². The highest BCUT2D eigenvalue weighted by molar-refractivity contribution is 9.10. The number of rotatable bonds is 2. The number of likely N-dealkylation sites (N-methyl/N-ethyl adjacent to an activating group) is 1. The maximum Gasteiger partial charge on any atom is 0.143 e. The predicted octanol–water partition coefficient (Wildman–Crippen LogP) is 2.68. The van der Waals surface area contributed by atoms with E-state index in [-0.39, 0.29) is 0 Å². The minimum absolute atomic E-state index is 0.637. The van der Waals surface area contributed by atoms with E-state index in [9.17, 15) is 0 Å². The second-order valence-electron chi connectivity index (χ2n) is 4.97. The number of aryl methyl sites for hydroxylation is 1. The second-order valence-corrected chi connectivity index (χ2v) is 5.76. The van der Waals surface area contributed by atoms with Crippen LogP contribution < -0.4 is 4.90 Å². The Bertz CT molecular complexity index is 392. The van der Waals surface area contributed by atoms with E-state index in [4.69, 9.17) is 0 Å². The molecule has 0 radical (unpaired) electrons. The van der Waals surface area contributed by atoms with Gasteiger partial charge in [-0.25, -0.2) is 4.98 Å². The zero-order valence-corrected chi connectivity index (χ0v) is 12.4. The topological polar surface area (TPSA) is 19.4 Å². The van der Waals surface area contributed by atoms with E-state index in [0.29, 0.717) is 6.04 Å². The van der Waals surface area contributed by atoms with Crippen molar-refractivity contribution in [3.63, 3.8) is 0 Å². The van der Waals surface area contributed by atoms with Crippen molar-refractivity contribution in [2.75, 3.05) is 32.1 Å². The van der Waals surface area contributed by atoms with Crippen LogP contribution in [0.15, 0.2) is 16.7 Å². The molecule has 1 aromatic rings. The van der Waals surface area contributed by atoms with E-state index in [1.54, 1.807) is 0 Å². The number of hydrogen-bond donors (Lipinski definition) is 0. The molecule has 2 rings (SSSR count). The maximum atomic E-state index is 4.52. The van der Waals surface area contributed by atoms with Crippen molar-refractivity contribution in [1.29, 1.82) is 0 Å². The van der Waals surface area contributed by atoms with Gasteiger partial charge in [-0.15, -0.1) is 0 Å². The van der Waals surface area contributed by atoms with Crippen molar-refractivity contribution in [2.45, 2.75) is 25.8 Å². The quantitative estimate of drug-likeness (QED) is 0.837. The Balaban J connectivity index is 2.19. The van der Waals surface area contributed by atoms with Crippen LogP contribution in [-0.4, -0.2) is 43.1 Å². The number of anilines is 1. The van der Waals surface area contributed by atoms with E-state index in [1.807, 2.05) is 12.3 Å². The van der Waals surface area contributed by atoms with Gasteiger partial charge in [0.1, 0.15) is 5.82 Å². The number of hydrogen-bond acceptors (Lipinski definition) is 3. The van der Waals surface area contributed by atoms with Crippen LogP contribution in [0.1, 0.15) is 18.4 Å². The standard InChI is InChI=1S/C13H20BrN3/c1-10-6-7-15-13(12(10)14)17-8-4-5-11(9-17)16(2)3/h6-7,11H,4-5,8-9H2,1-3H3. The molecule has 1 saturated heterocycles. The molecule has 2 heterocycles. The van der Waals surface area contributed by atoms with Gasteiger partial charge < -0.3 is 9.80 Å². The number of halogens is 1. The fourth-order valence-electron chi connectivity index (χ4n) is 2.31. The molecule has 1 atom stereocenters. The van der Waals surface area contributed by atoms with Crippen LogP contribution in [-0.2, 0) is 0 Å². The molecule has 94 valence electrons. The first kappa shape index (κ1) is 12.8. The van der Waals surface area contributed by atoms with E-state index in [0.717, 1.165) is 23.4 Å². The summed E-state index contributed by atoms with van der Waals surface area (Å²) in [5, 5.41) is 0. The van der Waals surface area contributed by atoms with Crippen LogP contribution in [0, 0.1) is 6.92 Å². The Morgan fingerprint density at radius 1 is 1.47 bits per heavy atom. The van der Waals surface area contributed by atoms with Crippen LogP contribution in [0.3, 0.4) is 0 Å². The van der Waals surface area contributed by atoms with Crippen molar-refractivity contribution >= 4 is 21.7 Å². The summed E-state index contributed by atoms with van der Waals surface area (Å²) >= 11 is 3.65. The number of pyridine rings is 1. The zero-order valence-electron chi connectivity index (χ0n) is 10.8. The highest BCUT2D eigenvalue weighted by Gasteiger charge is 2.23. The summed E-state index contributed by atoms with van der Waals surface area (Å²) in [7, 11) is 4.32. The molecule has 1 unspecified atom stereocenters. The summed E-state index contributed by atoms with van der Waals surface area (Å²) in [6, 6.07) is 2.68. The Hall–Kier alpha value is -0.610. The Morgan fingerprint density at radius 3 is 2.94 bits per heavy atom. The van der Waals surface area contributed by atoms with Gasteiger partial charge in [0.25, 0.3) is 0 Å². The van der Waals surface area contributed by atoms with Gasteiger partial charge in [0.15, 0.2) is 0 Å². The van der Waals surface area contributed by atoms with Gasteiger partial charge in [0.05, 0.1) is 4.47 Å². The van der Waals surface area contributed by atoms with E-state index >= 15 is 0 Å². The normalized spacial score (nSPS) is 21.0. The highest BCUT2D eigenvalue weighted by Crippen LogP contribution is 2.29. The molecule has 3 nitrogen and oxygen atoms in total. The summed E-state index contributed by atoms with van der Waals surface area (Å²) < 4.78 is 1.14. The van der Waals surface area contributed by atoms with E-state index in [2.05, 4.69) is 51.7 Å². The molecule has 1 aliphatic rings. The SMILES string of the molecule is Cc1ccnc(N2CCCC(N(C)C)C2)c1Br. The van der Waals surface area contributed by atoms with Gasteiger partial charge in [-0.1, -0.05) is 0 Å². The molecule has 1 aliphatic heterocycles. The van der Waals surface area contributed by atoms with Crippen LogP contribution in [0.4, 0.5) is 5.82 Å². The highest BCUT2D eigenvalue weighted by atomic mass is 79.9. The molecule has 0 spiro atoms. The molecule has 0 saturated carbocycles. The fraction of sp³-hybridized carbons (Fsp3) is 0.615. The summed E-state index contributed by atoms with van der Waals surface area (Å²) in [5.74, 6) is 1.09. The summed E-state index contributed by atoms with van der Waals surface area (Å²) in [6.45, 7) is 4.30. The first-order valence-corrected chi connectivity index (χ1v) is 6.91. The fourth-order valence-corrected chi connectivity index (χ4v) is 2.80. The van der Waals surface area contributed by atoms with Gasteiger partial charge in [-0.05, 0) is 61.4 Å². The van der Waals surface area contributed by atoms with Crippen molar-refractivity contribution in [3.05, 3.63) is 22.3 Å². The third-order valence-electron chi connectivity index (χ3n) is 3.49. The average molecular weight is 298 g/mol. The predicted molar refractivity (Wildman–Crippen MR) is 75.6 cm³/mol. The lowest BCUT2D eigenvalue weighted by Gasteiger charge is -2.37. The third kappa shape index (κ3) is 2.80. The van der Waals surface area contributed by atoms with Crippen molar-refractivity contribution in [2.24, 2.45) is 0 Å². The number of aromatic nitrogens is 1. The molecular formula is C13H20BrN3. The first-order chi connectivity index (χ1) is 8.09. The monoisotopic (exact) mass is 297 g/mol. The lowest BCUT2D eigenvalue weighted by Crippen LogP contribution is -2.45. The van der Waals surface area contributed by atoms with Crippen LogP contribution >= 0.6 is 15.9 Å². The third-order valence-corrected chi connectivity index (χ3v) is 4.47. The lowest BCUT2D eigenvalue weighted by atomic mass is 10.0. The molecule has 1 aromatic heterocycles. The molecule has 0 amide bonds. The van der Waals surface area contributed by atoms with Gasteiger partial charge in [-0.3, -0.25) is 0 Å². The van der Waals surface area contributed by atoms with Crippen LogP contribution in [0.5, 0.6) is 0 Å². The minimum Gasteiger partial charge on any atom is -0.354 e. The van der Waals surface area contributed by atoms with Crippen molar-refractivity contribution in [3.8, 4) is 0 Å². The minimum atomic E-state index is 0.637. The summed E-state index contributed by atoms with van der Waals surface area (Å²) in [4.78, 5) is 9.23. The largest absolute Gasteiger partial charge is 0.354 e. The van der Waals surface area contributed by atoms with E-state index in [1.165, 1.54) is 18.4 Å². The lowest BCUT2D eigenvalue weighted by molar-refractivity contribution is 0.257. The Kier molecular flexibility index (Phi) is 4.05. The van der Waals surface area contributed by atoms with Gasteiger partial charge >= 0.3 is 0 Å². The van der Waals surface area contributed by atoms with Crippen LogP contribution in [0.25, 0.3) is 0 Å². The molecule has 0 aliphatic carbocycles. The second kappa shape index (κ2) is 5.36. The van der Waals surface area contributed by atoms with Gasteiger partial charge in [0.2, 0.25) is 0 Å². The molecule has 1 fully saturated rings. The molecule has 4 heteroatoms. The van der Waals surface area contributed by atoms with Crippen LogP contribution in [0.2, 0.25) is 0 Å². The van der Waals surface area contributed by atoms with Crippen molar-refractivity contribution in [1.82, 2.24) is 9.88 Å². The number of nitrogens with zero attached hydrogens (tertiary/aromatic N) is 3. The Labute approximate surface area is 112 Å². The molecular weight excluding hydrogens is 278 g/mol. The Morgan fingerprint density at radius 2 is 2.24 bits per heavy atom.